The van der Waals surface area contributed by atoms with Crippen LogP contribution in [0.25, 0.3) is 11.1 Å². The number of amides is 1. The molecule has 0 spiro atoms. The van der Waals surface area contributed by atoms with Crippen molar-refractivity contribution in [2.75, 3.05) is 34.0 Å². The molecule has 0 saturated heterocycles. The Kier molecular flexibility index (Phi) is 10.3. The first kappa shape index (κ1) is 29.6. The molecular weight excluding hydrogens is 549 g/mol. The van der Waals surface area contributed by atoms with Crippen LogP contribution >= 0.6 is 11.6 Å². The van der Waals surface area contributed by atoms with E-state index in [2.05, 4.69) is 5.32 Å². The van der Waals surface area contributed by atoms with Crippen LogP contribution in [0.15, 0.2) is 84.9 Å². The van der Waals surface area contributed by atoms with Crippen LogP contribution in [-0.4, -0.2) is 45.7 Å². The molecule has 0 saturated carbocycles. The molecule has 0 unspecified atom stereocenters. The summed E-state index contributed by atoms with van der Waals surface area (Å²) in [5.74, 6) is 0.391. The molecule has 0 fully saturated rings. The summed E-state index contributed by atoms with van der Waals surface area (Å²) >= 11 is 5.89. The number of Topliss-reactive ketones (excluding diaryl/α,β-unsaturated/α-hetero) is 1. The fourth-order valence-corrected chi connectivity index (χ4v) is 4.14. The minimum atomic E-state index is -0.517. The number of hydrogen-bond acceptors (Lipinski definition) is 6. The maximum atomic E-state index is 13.5. The van der Waals surface area contributed by atoms with Crippen LogP contribution < -0.4 is 19.5 Å². The summed E-state index contributed by atoms with van der Waals surface area (Å²) in [7, 11) is 3.10. The maximum absolute atomic E-state index is 13.5. The highest BCUT2D eigenvalue weighted by atomic mass is 35.5. The van der Waals surface area contributed by atoms with E-state index in [0.29, 0.717) is 47.0 Å². The van der Waals surface area contributed by atoms with Gasteiger partial charge in [0.05, 0.1) is 39.0 Å². The highest BCUT2D eigenvalue weighted by molar-refractivity contribution is 6.31. The predicted octanol–water partition coefficient (Wildman–Crippen LogP) is 6.37. The third-order valence-electron chi connectivity index (χ3n) is 6.19. The van der Waals surface area contributed by atoms with Crippen molar-refractivity contribution in [1.29, 1.82) is 0 Å². The average Bonchev–Trinajstić information content (AvgIpc) is 3.01. The summed E-state index contributed by atoms with van der Waals surface area (Å²) in [4.78, 5) is 25.5. The Labute approximate surface area is 242 Å². The van der Waals surface area contributed by atoms with E-state index in [4.69, 9.17) is 30.5 Å². The lowest BCUT2D eigenvalue weighted by molar-refractivity contribution is 0.0877. The zero-order chi connectivity index (χ0) is 29.2. The van der Waals surface area contributed by atoms with Crippen LogP contribution in [0.5, 0.6) is 17.2 Å². The minimum absolute atomic E-state index is 0.00333. The normalized spacial score (nSPS) is 10.6. The van der Waals surface area contributed by atoms with Gasteiger partial charge in [-0.15, -0.1) is 0 Å². The number of hydrogen-bond donors (Lipinski definition) is 1. The lowest BCUT2D eigenvalue weighted by Gasteiger charge is -2.13. The molecule has 0 heterocycles. The van der Waals surface area contributed by atoms with Crippen molar-refractivity contribution in [3.8, 4) is 28.4 Å². The van der Waals surface area contributed by atoms with Gasteiger partial charge in [0.25, 0.3) is 5.91 Å². The van der Waals surface area contributed by atoms with Crippen LogP contribution in [0.3, 0.4) is 0 Å². The van der Waals surface area contributed by atoms with Crippen LogP contribution in [0.4, 0.5) is 4.39 Å². The second-order valence-corrected chi connectivity index (χ2v) is 9.34. The van der Waals surface area contributed by atoms with E-state index in [1.54, 1.807) is 55.6 Å². The Balaban J connectivity index is 1.28. The van der Waals surface area contributed by atoms with Gasteiger partial charge in [-0.1, -0.05) is 48.0 Å². The SMILES string of the molecule is COc1ccc(COCCOc2ccc(C(=O)NCC(=O)c3cccc(-c4ccc(F)c(Cl)c4)c3)cc2OC)cc1. The van der Waals surface area contributed by atoms with E-state index >= 15 is 0 Å². The van der Waals surface area contributed by atoms with Crippen molar-refractivity contribution in [3.63, 3.8) is 0 Å². The van der Waals surface area contributed by atoms with E-state index in [-0.39, 0.29) is 24.0 Å². The number of methoxy groups -OCH3 is 2. The van der Waals surface area contributed by atoms with Crippen LogP contribution in [-0.2, 0) is 11.3 Å². The van der Waals surface area contributed by atoms with Gasteiger partial charge >= 0.3 is 0 Å². The molecule has 4 aromatic rings. The maximum Gasteiger partial charge on any atom is 0.251 e. The fraction of sp³-hybridized carbons (Fsp3) is 0.188. The van der Waals surface area contributed by atoms with Gasteiger partial charge < -0.3 is 24.3 Å². The summed E-state index contributed by atoms with van der Waals surface area (Å²) in [5.41, 5.74) is 3.11. The topological polar surface area (TPSA) is 83.1 Å². The summed E-state index contributed by atoms with van der Waals surface area (Å²) in [6, 6.07) is 23.6. The highest BCUT2D eigenvalue weighted by Crippen LogP contribution is 2.28. The number of carbonyl (C=O) groups is 2. The first-order valence-corrected chi connectivity index (χ1v) is 13.1. The van der Waals surface area contributed by atoms with E-state index in [1.807, 2.05) is 24.3 Å². The highest BCUT2D eigenvalue weighted by Gasteiger charge is 2.14. The molecule has 1 N–H and O–H groups in total. The predicted molar refractivity (Wildman–Crippen MR) is 155 cm³/mol. The first-order chi connectivity index (χ1) is 19.9. The second kappa shape index (κ2) is 14.3. The fourth-order valence-electron chi connectivity index (χ4n) is 3.96. The van der Waals surface area contributed by atoms with Crippen molar-refractivity contribution in [2.24, 2.45) is 0 Å². The van der Waals surface area contributed by atoms with Crippen LogP contribution in [0.1, 0.15) is 26.3 Å². The number of benzene rings is 4. The molecule has 0 bridgehead atoms. The smallest absolute Gasteiger partial charge is 0.251 e. The third kappa shape index (κ3) is 8.06. The van der Waals surface area contributed by atoms with Gasteiger partial charge in [0.2, 0.25) is 0 Å². The monoisotopic (exact) mass is 577 g/mol. The Morgan fingerprint density at radius 3 is 2.32 bits per heavy atom. The Hall–Kier alpha value is -4.40. The second-order valence-electron chi connectivity index (χ2n) is 8.93. The number of rotatable bonds is 13. The molecule has 41 heavy (non-hydrogen) atoms. The van der Waals surface area contributed by atoms with Crippen molar-refractivity contribution >= 4 is 23.3 Å². The van der Waals surface area contributed by atoms with Crippen LogP contribution in [0.2, 0.25) is 5.02 Å². The van der Waals surface area contributed by atoms with Crippen molar-refractivity contribution in [1.82, 2.24) is 5.32 Å². The zero-order valence-corrected chi connectivity index (χ0v) is 23.4. The van der Waals surface area contributed by atoms with Gasteiger partial charge in [-0.25, -0.2) is 4.39 Å². The summed E-state index contributed by atoms with van der Waals surface area (Å²) in [6.45, 7) is 0.871. The molecule has 9 heteroatoms. The zero-order valence-electron chi connectivity index (χ0n) is 22.6. The van der Waals surface area contributed by atoms with E-state index in [0.717, 1.165) is 11.3 Å². The molecule has 1 amide bonds. The Bertz CT molecular complexity index is 1510. The van der Waals surface area contributed by atoms with Crippen molar-refractivity contribution in [2.45, 2.75) is 6.61 Å². The number of nitrogens with one attached hydrogen (secondary N) is 1. The van der Waals surface area contributed by atoms with Gasteiger partial charge in [-0.2, -0.15) is 0 Å². The van der Waals surface area contributed by atoms with Crippen LogP contribution in [0, 0.1) is 5.82 Å². The number of ether oxygens (including phenoxy) is 4. The number of carbonyl (C=O) groups excluding carboxylic acids is 2. The lowest BCUT2D eigenvalue weighted by atomic mass is 10.0. The van der Waals surface area contributed by atoms with E-state index in [9.17, 15) is 14.0 Å². The van der Waals surface area contributed by atoms with Crippen molar-refractivity contribution < 1.29 is 32.9 Å². The van der Waals surface area contributed by atoms with E-state index < -0.39 is 11.7 Å². The molecule has 0 aromatic heterocycles. The molecule has 4 aromatic carbocycles. The first-order valence-electron chi connectivity index (χ1n) is 12.8. The Morgan fingerprint density at radius 1 is 0.805 bits per heavy atom. The molecular formula is C32H29ClFNO6. The van der Waals surface area contributed by atoms with Gasteiger partial charge in [-0.05, 0) is 65.2 Å². The Morgan fingerprint density at radius 2 is 1.59 bits per heavy atom. The molecule has 4 rings (SSSR count). The quantitative estimate of drug-likeness (QED) is 0.147. The minimum Gasteiger partial charge on any atom is -0.497 e. The number of halogens is 2. The average molecular weight is 578 g/mol. The van der Waals surface area contributed by atoms with Gasteiger partial charge in [0, 0.05) is 11.1 Å². The number of ketones is 1. The van der Waals surface area contributed by atoms with Crippen molar-refractivity contribution in [3.05, 3.63) is 112 Å². The van der Waals surface area contributed by atoms with Gasteiger partial charge in [0.1, 0.15) is 18.2 Å². The molecule has 0 aliphatic heterocycles. The third-order valence-corrected chi connectivity index (χ3v) is 6.48. The summed E-state index contributed by atoms with van der Waals surface area (Å²) in [5, 5.41) is 2.64. The molecule has 0 aliphatic rings. The molecule has 7 nitrogen and oxygen atoms in total. The summed E-state index contributed by atoms with van der Waals surface area (Å²) in [6.07, 6.45) is 0. The van der Waals surface area contributed by atoms with Gasteiger partial charge in [-0.3, -0.25) is 9.59 Å². The van der Waals surface area contributed by atoms with Gasteiger partial charge in [0.15, 0.2) is 17.3 Å². The lowest BCUT2D eigenvalue weighted by Crippen LogP contribution is -2.29. The largest absolute Gasteiger partial charge is 0.497 e. The molecule has 0 aliphatic carbocycles. The molecule has 0 radical (unpaired) electrons. The standard InChI is InChI=1S/C32H29ClFNO6/c1-38-26-10-6-21(7-11-26)20-40-14-15-41-30-13-9-25(18-31(30)39-2)32(37)35-19-29(36)24-5-3-4-22(16-24)23-8-12-28(34)27(33)17-23/h3-13,16-18H,14-15,19-20H2,1-2H3,(H,35,37). The summed E-state index contributed by atoms with van der Waals surface area (Å²) < 4.78 is 35.5. The molecule has 212 valence electrons. The van der Waals surface area contributed by atoms with E-state index in [1.165, 1.54) is 19.2 Å². The molecule has 0 atom stereocenters.